The molecular formula is C12H10BrClO. The van der Waals surface area contributed by atoms with Crippen molar-refractivity contribution in [2.45, 2.75) is 4.29 Å². The lowest BCUT2D eigenvalue weighted by Crippen LogP contribution is -1.86. The summed E-state index contributed by atoms with van der Waals surface area (Å²) in [5.74, 6) is 0.861. The summed E-state index contributed by atoms with van der Waals surface area (Å²) in [6.07, 6.45) is 0. The van der Waals surface area contributed by atoms with Gasteiger partial charge in [0.25, 0.3) is 0 Å². The third-order valence-electron chi connectivity index (χ3n) is 2.36. The van der Waals surface area contributed by atoms with Gasteiger partial charge in [0.1, 0.15) is 10.0 Å². The minimum atomic E-state index is -0.158. The Labute approximate surface area is 102 Å². The second-order valence-electron chi connectivity index (χ2n) is 3.24. The highest BCUT2D eigenvalue weighted by molar-refractivity contribution is 9.09. The van der Waals surface area contributed by atoms with Crippen molar-refractivity contribution in [1.82, 2.24) is 0 Å². The van der Waals surface area contributed by atoms with Crippen LogP contribution in [-0.2, 0) is 0 Å². The van der Waals surface area contributed by atoms with Gasteiger partial charge in [-0.05, 0) is 28.5 Å². The van der Waals surface area contributed by atoms with E-state index in [0.717, 1.165) is 22.1 Å². The molecule has 1 unspecified atom stereocenters. The van der Waals surface area contributed by atoms with E-state index in [4.69, 9.17) is 16.3 Å². The number of hydrogen-bond donors (Lipinski definition) is 0. The highest BCUT2D eigenvalue weighted by Crippen LogP contribution is 2.33. The predicted octanol–water partition coefficient (Wildman–Crippen LogP) is 4.48. The Morgan fingerprint density at radius 2 is 2.07 bits per heavy atom. The van der Waals surface area contributed by atoms with E-state index in [2.05, 4.69) is 15.9 Å². The minimum Gasteiger partial charge on any atom is -0.497 e. The van der Waals surface area contributed by atoms with Gasteiger partial charge in [-0.15, -0.1) is 11.6 Å². The van der Waals surface area contributed by atoms with Gasteiger partial charge in [0.2, 0.25) is 0 Å². The average molecular weight is 286 g/mol. The summed E-state index contributed by atoms with van der Waals surface area (Å²) in [7, 11) is 1.67. The van der Waals surface area contributed by atoms with Gasteiger partial charge in [0.15, 0.2) is 0 Å². The fourth-order valence-corrected chi connectivity index (χ4v) is 2.19. The topological polar surface area (TPSA) is 9.23 Å². The molecule has 0 amide bonds. The SMILES string of the molecule is COc1ccc2c(C(Cl)Br)cccc2c1. The van der Waals surface area contributed by atoms with Crippen molar-refractivity contribution in [2.24, 2.45) is 0 Å². The molecule has 78 valence electrons. The van der Waals surface area contributed by atoms with Crippen molar-refractivity contribution in [1.29, 1.82) is 0 Å². The first-order valence-corrected chi connectivity index (χ1v) is 5.92. The van der Waals surface area contributed by atoms with Gasteiger partial charge in [0.05, 0.1) is 7.11 Å². The Kier molecular flexibility index (Phi) is 3.17. The lowest BCUT2D eigenvalue weighted by molar-refractivity contribution is 0.415. The number of halogens is 2. The van der Waals surface area contributed by atoms with Gasteiger partial charge in [-0.3, -0.25) is 0 Å². The summed E-state index contributed by atoms with van der Waals surface area (Å²) < 4.78 is 5.02. The predicted molar refractivity (Wildman–Crippen MR) is 68.0 cm³/mol. The Hall–Kier alpha value is -0.730. The first-order chi connectivity index (χ1) is 7.22. The summed E-state index contributed by atoms with van der Waals surface area (Å²) >= 11 is 9.41. The molecule has 0 aliphatic rings. The maximum Gasteiger partial charge on any atom is 0.119 e. The van der Waals surface area contributed by atoms with Gasteiger partial charge >= 0.3 is 0 Å². The van der Waals surface area contributed by atoms with E-state index in [1.54, 1.807) is 7.11 Å². The Bertz CT molecular complexity index is 482. The van der Waals surface area contributed by atoms with Crippen LogP contribution in [0.25, 0.3) is 10.8 Å². The van der Waals surface area contributed by atoms with E-state index in [-0.39, 0.29) is 4.29 Å². The largest absolute Gasteiger partial charge is 0.497 e. The average Bonchev–Trinajstić information content (AvgIpc) is 2.27. The molecule has 0 heterocycles. The van der Waals surface area contributed by atoms with Crippen LogP contribution in [-0.4, -0.2) is 7.11 Å². The highest BCUT2D eigenvalue weighted by atomic mass is 79.9. The zero-order valence-electron chi connectivity index (χ0n) is 8.21. The van der Waals surface area contributed by atoms with Crippen LogP contribution < -0.4 is 4.74 Å². The van der Waals surface area contributed by atoms with E-state index in [1.807, 2.05) is 36.4 Å². The van der Waals surface area contributed by atoms with E-state index in [1.165, 1.54) is 0 Å². The number of hydrogen-bond acceptors (Lipinski definition) is 1. The molecule has 15 heavy (non-hydrogen) atoms. The minimum absolute atomic E-state index is 0.158. The van der Waals surface area contributed by atoms with Crippen LogP contribution in [0.15, 0.2) is 36.4 Å². The number of methoxy groups -OCH3 is 1. The van der Waals surface area contributed by atoms with Gasteiger partial charge < -0.3 is 4.74 Å². The second-order valence-corrected chi connectivity index (χ2v) is 5.11. The quantitative estimate of drug-likeness (QED) is 0.739. The molecule has 0 spiro atoms. The summed E-state index contributed by atoms with van der Waals surface area (Å²) in [5, 5.41) is 2.28. The Morgan fingerprint density at radius 3 is 2.73 bits per heavy atom. The zero-order chi connectivity index (χ0) is 10.8. The number of alkyl halides is 2. The number of rotatable bonds is 2. The summed E-state index contributed by atoms with van der Waals surface area (Å²) in [5.41, 5.74) is 1.08. The molecule has 0 saturated heterocycles. The van der Waals surface area contributed by atoms with Crippen LogP contribution in [0, 0.1) is 0 Å². The molecule has 0 N–H and O–H groups in total. The van der Waals surface area contributed by atoms with Gasteiger partial charge in [-0.2, -0.15) is 0 Å². The van der Waals surface area contributed by atoms with E-state index >= 15 is 0 Å². The molecule has 0 aliphatic carbocycles. The van der Waals surface area contributed by atoms with Crippen LogP contribution in [0.2, 0.25) is 0 Å². The van der Waals surface area contributed by atoms with Crippen LogP contribution in [0.4, 0.5) is 0 Å². The molecule has 3 heteroatoms. The van der Waals surface area contributed by atoms with Crippen LogP contribution in [0.3, 0.4) is 0 Å². The number of benzene rings is 2. The van der Waals surface area contributed by atoms with Gasteiger partial charge in [-0.1, -0.05) is 40.2 Å². The third kappa shape index (κ3) is 2.11. The summed E-state index contributed by atoms with van der Waals surface area (Å²) in [6.45, 7) is 0. The molecule has 2 aromatic rings. The van der Waals surface area contributed by atoms with Crippen LogP contribution in [0.1, 0.15) is 9.85 Å². The van der Waals surface area contributed by atoms with Crippen molar-refractivity contribution < 1.29 is 4.74 Å². The lowest BCUT2D eigenvalue weighted by atomic mass is 10.1. The third-order valence-corrected chi connectivity index (χ3v) is 3.08. The van der Waals surface area contributed by atoms with Crippen molar-refractivity contribution >= 4 is 38.3 Å². The lowest BCUT2D eigenvalue weighted by Gasteiger charge is -2.08. The second kappa shape index (κ2) is 4.42. The maximum atomic E-state index is 6.04. The molecule has 0 saturated carbocycles. The normalized spacial score (nSPS) is 12.7. The molecule has 0 fully saturated rings. The zero-order valence-corrected chi connectivity index (χ0v) is 10.5. The Morgan fingerprint density at radius 1 is 1.27 bits per heavy atom. The standard InChI is InChI=1S/C12H10BrClO/c1-15-9-5-6-10-8(7-9)3-2-4-11(10)12(13)14/h2-7,12H,1H3. The molecule has 0 aliphatic heterocycles. The fraction of sp³-hybridized carbons (Fsp3) is 0.167. The monoisotopic (exact) mass is 284 g/mol. The van der Waals surface area contributed by atoms with Crippen molar-refractivity contribution in [2.75, 3.05) is 7.11 Å². The van der Waals surface area contributed by atoms with Crippen LogP contribution in [0.5, 0.6) is 5.75 Å². The number of ether oxygens (including phenoxy) is 1. The molecular weight excluding hydrogens is 275 g/mol. The van der Waals surface area contributed by atoms with Crippen molar-refractivity contribution in [3.63, 3.8) is 0 Å². The first kappa shape index (κ1) is 10.8. The highest BCUT2D eigenvalue weighted by Gasteiger charge is 2.07. The van der Waals surface area contributed by atoms with E-state index in [9.17, 15) is 0 Å². The molecule has 0 radical (unpaired) electrons. The summed E-state index contributed by atoms with van der Waals surface area (Å²) in [6, 6.07) is 12.0. The molecule has 0 aromatic heterocycles. The maximum absolute atomic E-state index is 6.04. The molecule has 0 bridgehead atoms. The van der Waals surface area contributed by atoms with Crippen LogP contribution >= 0.6 is 27.5 Å². The fourth-order valence-electron chi connectivity index (χ4n) is 1.60. The molecule has 1 atom stereocenters. The van der Waals surface area contributed by atoms with E-state index < -0.39 is 0 Å². The summed E-state index contributed by atoms with van der Waals surface area (Å²) in [4.78, 5) is 0. The molecule has 2 aromatic carbocycles. The first-order valence-electron chi connectivity index (χ1n) is 4.57. The smallest absolute Gasteiger partial charge is 0.119 e. The van der Waals surface area contributed by atoms with Crippen molar-refractivity contribution in [3.8, 4) is 5.75 Å². The molecule has 1 nitrogen and oxygen atoms in total. The van der Waals surface area contributed by atoms with E-state index in [0.29, 0.717) is 0 Å². The van der Waals surface area contributed by atoms with Gasteiger partial charge in [0, 0.05) is 0 Å². The van der Waals surface area contributed by atoms with Crippen molar-refractivity contribution in [3.05, 3.63) is 42.0 Å². The molecule has 2 rings (SSSR count). The number of fused-ring (bicyclic) bond motifs is 1. The van der Waals surface area contributed by atoms with Gasteiger partial charge in [-0.25, -0.2) is 0 Å². The Balaban J connectivity index is 2.67.